The lowest BCUT2D eigenvalue weighted by atomic mass is 9.85. The molecule has 0 saturated carbocycles. The Morgan fingerprint density at radius 2 is 0.723 bits per heavy atom. The maximum Gasteiger partial charge on any atom is 0.240 e. The van der Waals surface area contributed by atoms with Crippen LogP contribution in [0.5, 0.6) is 0 Å². The van der Waals surface area contributed by atoms with Gasteiger partial charge in [0.1, 0.15) is 0 Å². The molecule has 0 aliphatic carbocycles. The lowest BCUT2D eigenvalue weighted by molar-refractivity contribution is 0.590. The maximum absolute atomic E-state index is 5.54. The van der Waals surface area contributed by atoms with Crippen molar-refractivity contribution in [3.8, 4) is 23.3 Å². The van der Waals surface area contributed by atoms with E-state index in [0.29, 0.717) is 17.7 Å². The summed E-state index contributed by atoms with van der Waals surface area (Å²) in [6.45, 7) is 13.7. The summed E-state index contributed by atoms with van der Waals surface area (Å²) < 4.78 is 4.46. The number of benzene rings is 8. The summed E-state index contributed by atoms with van der Waals surface area (Å²) in [5.74, 6) is 1.73. The first-order valence-corrected chi connectivity index (χ1v) is 24.1. The second kappa shape index (κ2) is 15.5. The van der Waals surface area contributed by atoms with E-state index in [1.165, 1.54) is 41.5 Å². The maximum atomic E-state index is 5.54. The predicted octanol–water partition coefficient (Wildman–Crippen LogP) is 15.7. The Morgan fingerprint density at radius 1 is 0.338 bits per heavy atom. The first-order chi connectivity index (χ1) is 31.5. The van der Waals surface area contributed by atoms with E-state index in [-0.39, 0.29) is 10.8 Å². The Morgan fingerprint density at radius 3 is 1.15 bits per heavy atom. The van der Waals surface area contributed by atoms with Crippen molar-refractivity contribution in [2.24, 2.45) is 0 Å². The van der Waals surface area contributed by atoms with E-state index in [4.69, 9.17) is 15.0 Å². The SMILES string of the molecule is CC(C)(C)c1ccc2c(c1)c1cc(C(C)(C)C)ccc1n2-c1nc(-c2cccc(S(c3ccccc3)(c3ccccc3)c3ccccc3)c2)nc(-n2c3ccccc3c3ccccc32)n1. The van der Waals surface area contributed by atoms with Crippen molar-refractivity contribution >= 4 is 53.6 Å². The largest absolute Gasteiger partial charge is 0.278 e. The van der Waals surface area contributed by atoms with Gasteiger partial charge in [0.2, 0.25) is 11.9 Å². The summed E-state index contributed by atoms with van der Waals surface area (Å²) in [5.41, 5.74) is 7.61. The second-order valence-electron chi connectivity index (χ2n) is 19.0. The molecule has 0 aliphatic heterocycles. The predicted molar refractivity (Wildman–Crippen MR) is 271 cm³/mol. The highest BCUT2D eigenvalue weighted by molar-refractivity contribution is 8.34. The number of nitrogens with zero attached hydrogens (tertiary/aromatic N) is 5. The van der Waals surface area contributed by atoms with E-state index in [1.54, 1.807) is 0 Å². The Kier molecular flexibility index (Phi) is 9.63. The Balaban J connectivity index is 1.23. The van der Waals surface area contributed by atoms with Crippen molar-refractivity contribution in [3.63, 3.8) is 0 Å². The molecule has 0 fully saturated rings. The summed E-state index contributed by atoms with van der Waals surface area (Å²) in [7, 11) is -1.98. The standard InChI is InChI=1S/C59H51N5S/c1-58(2,3)41-33-35-53-49(38-41)50-39-42(59(4,5)6)34-36-54(50)64(53)57-61-55(60-56(62-57)63-51-31-18-16-29-47(51)48-30-17-19-32-52(48)63)40-21-20-28-46(37-40)65(43-22-10-7-11-23-43,44-24-12-8-13-25-44)45-26-14-9-15-27-45/h7-39H,1-6H3. The van der Waals surface area contributed by atoms with E-state index in [0.717, 1.165) is 38.4 Å². The third-order valence-corrected chi connectivity index (χ3v) is 16.7. The molecule has 11 rings (SSSR count). The molecule has 6 heteroatoms. The van der Waals surface area contributed by atoms with E-state index in [1.807, 2.05) is 0 Å². The molecule has 0 unspecified atom stereocenters. The topological polar surface area (TPSA) is 48.5 Å². The molecular weight excluding hydrogens is 811 g/mol. The quantitative estimate of drug-likeness (QED) is 0.160. The van der Waals surface area contributed by atoms with Gasteiger partial charge in [-0.3, -0.25) is 9.13 Å². The van der Waals surface area contributed by atoms with E-state index in [9.17, 15) is 0 Å². The molecule has 318 valence electrons. The van der Waals surface area contributed by atoms with Crippen molar-refractivity contribution in [2.75, 3.05) is 0 Å². The highest BCUT2D eigenvalue weighted by Crippen LogP contribution is 2.73. The van der Waals surface area contributed by atoms with Gasteiger partial charge in [0.15, 0.2) is 5.82 Å². The van der Waals surface area contributed by atoms with Gasteiger partial charge in [-0.15, -0.1) is 10.0 Å². The minimum atomic E-state index is -1.98. The molecule has 0 bridgehead atoms. The number of fused-ring (bicyclic) bond motifs is 6. The molecule has 0 saturated heterocycles. The fourth-order valence-electron chi connectivity index (χ4n) is 9.51. The van der Waals surface area contributed by atoms with Crippen LogP contribution in [0.25, 0.3) is 66.9 Å². The molecule has 0 atom stereocenters. The summed E-state index contributed by atoms with van der Waals surface area (Å²) >= 11 is 0. The summed E-state index contributed by atoms with van der Waals surface area (Å²) in [5, 5.41) is 4.67. The zero-order valence-corrected chi connectivity index (χ0v) is 38.5. The minimum absolute atomic E-state index is 0.0320. The van der Waals surface area contributed by atoms with Crippen LogP contribution >= 0.6 is 10.0 Å². The van der Waals surface area contributed by atoms with Crippen LogP contribution in [-0.4, -0.2) is 24.1 Å². The number of hydrogen-bond donors (Lipinski definition) is 0. The fourth-order valence-corrected chi connectivity index (χ4v) is 13.4. The molecule has 0 aliphatic rings. The van der Waals surface area contributed by atoms with Crippen molar-refractivity contribution in [3.05, 3.63) is 211 Å². The van der Waals surface area contributed by atoms with Gasteiger partial charge in [-0.05, 0) is 107 Å². The van der Waals surface area contributed by atoms with Crippen LogP contribution in [0.3, 0.4) is 0 Å². The van der Waals surface area contributed by atoms with Crippen LogP contribution in [0.1, 0.15) is 52.7 Å². The zero-order chi connectivity index (χ0) is 44.5. The van der Waals surface area contributed by atoms with Gasteiger partial charge < -0.3 is 0 Å². The molecule has 0 amide bonds. The average Bonchev–Trinajstić information content (AvgIpc) is 3.85. The molecule has 0 N–H and O–H groups in total. The second-order valence-corrected chi connectivity index (χ2v) is 22.1. The van der Waals surface area contributed by atoms with Crippen molar-refractivity contribution < 1.29 is 0 Å². The molecule has 5 nitrogen and oxygen atoms in total. The van der Waals surface area contributed by atoms with Gasteiger partial charge in [0.05, 0.1) is 22.1 Å². The van der Waals surface area contributed by atoms with Crippen LogP contribution < -0.4 is 0 Å². The first-order valence-electron chi connectivity index (χ1n) is 22.4. The number of para-hydroxylation sites is 2. The monoisotopic (exact) mass is 861 g/mol. The first kappa shape index (κ1) is 40.5. The van der Waals surface area contributed by atoms with E-state index >= 15 is 0 Å². The Bertz CT molecular complexity index is 3340. The average molecular weight is 862 g/mol. The summed E-state index contributed by atoms with van der Waals surface area (Å²) in [4.78, 5) is 21.5. The third kappa shape index (κ3) is 6.74. The molecule has 11 aromatic rings. The number of rotatable bonds is 7. The third-order valence-electron chi connectivity index (χ3n) is 12.8. The smallest absolute Gasteiger partial charge is 0.240 e. The van der Waals surface area contributed by atoms with Gasteiger partial charge in [-0.25, -0.2) is 0 Å². The molecular formula is C59H51N5S. The van der Waals surface area contributed by atoms with Crippen LogP contribution in [0, 0.1) is 0 Å². The Hall–Kier alpha value is -7.28. The van der Waals surface area contributed by atoms with E-state index < -0.39 is 10.0 Å². The number of hydrogen-bond acceptors (Lipinski definition) is 3. The summed E-state index contributed by atoms with van der Waals surface area (Å²) in [6.07, 6.45) is 0. The molecule has 8 aromatic carbocycles. The lowest BCUT2D eigenvalue weighted by Crippen LogP contribution is -2.12. The fraction of sp³-hybridized carbons (Fsp3) is 0.136. The molecule has 0 spiro atoms. The molecule has 3 heterocycles. The van der Waals surface area contributed by atoms with E-state index in [2.05, 4.69) is 251 Å². The van der Waals surface area contributed by atoms with Gasteiger partial charge in [0, 0.05) is 46.7 Å². The van der Waals surface area contributed by atoms with Gasteiger partial charge in [-0.1, -0.05) is 157 Å². The molecule has 65 heavy (non-hydrogen) atoms. The van der Waals surface area contributed by atoms with Crippen molar-refractivity contribution in [1.82, 2.24) is 24.1 Å². The van der Waals surface area contributed by atoms with Gasteiger partial charge >= 0.3 is 0 Å². The number of aromatic nitrogens is 5. The van der Waals surface area contributed by atoms with Gasteiger partial charge in [0.25, 0.3) is 0 Å². The minimum Gasteiger partial charge on any atom is -0.278 e. The highest BCUT2D eigenvalue weighted by atomic mass is 32.3. The van der Waals surface area contributed by atoms with Gasteiger partial charge in [-0.2, -0.15) is 15.0 Å². The molecule has 3 aromatic heterocycles. The van der Waals surface area contributed by atoms with Crippen LogP contribution in [0.2, 0.25) is 0 Å². The lowest BCUT2D eigenvalue weighted by Gasteiger charge is -2.42. The van der Waals surface area contributed by atoms with Crippen LogP contribution in [0.4, 0.5) is 0 Å². The highest BCUT2D eigenvalue weighted by Gasteiger charge is 2.34. The molecule has 0 radical (unpaired) electrons. The van der Waals surface area contributed by atoms with Crippen LogP contribution in [0.15, 0.2) is 220 Å². The normalized spacial score (nSPS) is 12.7. The Labute approximate surface area is 382 Å². The summed E-state index contributed by atoms with van der Waals surface area (Å²) in [6, 6.07) is 72.8. The van der Waals surface area contributed by atoms with Crippen molar-refractivity contribution in [1.29, 1.82) is 0 Å². The zero-order valence-electron chi connectivity index (χ0n) is 37.7. The van der Waals surface area contributed by atoms with Crippen LogP contribution in [-0.2, 0) is 10.8 Å². The van der Waals surface area contributed by atoms with Crippen molar-refractivity contribution in [2.45, 2.75) is 72.0 Å².